The highest BCUT2D eigenvalue weighted by molar-refractivity contribution is 6.32. The van der Waals surface area contributed by atoms with Gasteiger partial charge in [-0.2, -0.15) is 4.98 Å². The van der Waals surface area contributed by atoms with Crippen molar-refractivity contribution in [1.29, 1.82) is 0 Å². The molecule has 0 spiro atoms. The smallest absolute Gasteiger partial charge is 0.270 e. The monoisotopic (exact) mass is 573 g/mol. The molecule has 12 heteroatoms. The number of fused-ring (bicyclic) bond motifs is 1. The number of hydrogen-bond donors (Lipinski definition) is 3. The molecule has 1 aliphatic rings. The molecule has 1 aromatic carbocycles. The number of halogens is 1. The van der Waals surface area contributed by atoms with E-state index in [-0.39, 0.29) is 23.9 Å². The third-order valence-corrected chi connectivity index (χ3v) is 7.02. The molecule has 212 valence electrons. The predicted octanol–water partition coefficient (Wildman–Crippen LogP) is 4.07. The Morgan fingerprint density at radius 3 is 2.71 bits per heavy atom. The normalized spacial score (nSPS) is 17.2. The molecule has 4 aromatic rings. The standard InChI is InChI=1S/C29H32ClN9O2/c1-38(2)14-6-11-26(40)34-21-12-13-24(31-16-21)28(41)35-19-7-5-8-20(15-19)36-29-32-17-22(30)27(37-29)39-18-33-23-9-3-4-10-25(23)39/h3-4,6,9-13,16-20H,5,7-8,14-15H2,1-2H3,(H,34,40)(H,35,41)(H,32,36,37)/b11-6+/t19-,20+/m0/s1. The minimum atomic E-state index is -0.253. The Morgan fingerprint density at radius 2 is 1.90 bits per heavy atom. The van der Waals surface area contributed by atoms with Crippen LogP contribution in [0.15, 0.2) is 67.3 Å². The molecule has 2 atom stereocenters. The third-order valence-electron chi connectivity index (χ3n) is 6.75. The Kier molecular flexibility index (Phi) is 8.85. The number of nitrogens with zero attached hydrogens (tertiary/aromatic N) is 6. The van der Waals surface area contributed by atoms with Crippen LogP contribution in [-0.2, 0) is 4.79 Å². The fraction of sp³-hybridized carbons (Fsp3) is 0.310. The molecule has 3 N–H and O–H groups in total. The average molecular weight is 574 g/mol. The number of pyridine rings is 1. The van der Waals surface area contributed by atoms with Crippen molar-refractivity contribution in [2.75, 3.05) is 31.3 Å². The van der Waals surface area contributed by atoms with Gasteiger partial charge in [0.15, 0.2) is 5.82 Å². The van der Waals surface area contributed by atoms with Crippen molar-refractivity contribution >= 4 is 46.1 Å². The number of aromatic nitrogens is 5. The van der Waals surface area contributed by atoms with Gasteiger partial charge < -0.3 is 20.9 Å². The molecule has 3 heterocycles. The van der Waals surface area contributed by atoms with E-state index in [1.54, 1.807) is 30.7 Å². The largest absolute Gasteiger partial charge is 0.351 e. The van der Waals surface area contributed by atoms with Crippen LogP contribution in [-0.4, -0.2) is 73.9 Å². The number of para-hydroxylation sites is 2. The van der Waals surface area contributed by atoms with Gasteiger partial charge in [0.05, 0.1) is 29.1 Å². The van der Waals surface area contributed by atoms with Gasteiger partial charge in [-0.1, -0.05) is 29.8 Å². The lowest BCUT2D eigenvalue weighted by molar-refractivity contribution is -0.111. The van der Waals surface area contributed by atoms with Crippen molar-refractivity contribution in [3.05, 3.63) is 78.0 Å². The van der Waals surface area contributed by atoms with Crippen molar-refractivity contribution < 1.29 is 9.59 Å². The number of amides is 2. The number of carbonyl (C=O) groups is 2. The van der Waals surface area contributed by atoms with Gasteiger partial charge in [0.25, 0.3) is 5.91 Å². The summed E-state index contributed by atoms with van der Waals surface area (Å²) in [5, 5.41) is 9.68. The zero-order valence-electron chi connectivity index (χ0n) is 22.9. The van der Waals surface area contributed by atoms with E-state index in [2.05, 4.69) is 35.9 Å². The number of rotatable bonds is 9. The van der Waals surface area contributed by atoms with Crippen LogP contribution >= 0.6 is 11.6 Å². The number of hydrogen-bond acceptors (Lipinski definition) is 8. The molecule has 5 rings (SSSR count). The summed E-state index contributed by atoms with van der Waals surface area (Å²) in [6.07, 6.45) is 11.5. The van der Waals surface area contributed by atoms with Gasteiger partial charge in [0, 0.05) is 24.7 Å². The van der Waals surface area contributed by atoms with E-state index in [0.29, 0.717) is 41.1 Å². The molecule has 1 saturated carbocycles. The number of carbonyl (C=O) groups excluding carboxylic acids is 2. The van der Waals surface area contributed by atoms with Crippen molar-refractivity contribution in [1.82, 2.24) is 34.7 Å². The Hall–Kier alpha value is -4.35. The van der Waals surface area contributed by atoms with Crippen LogP contribution in [0.5, 0.6) is 0 Å². The van der Waals surface area contributed by atoms with Gasteiger partial charge >= 0.3 is 0 Å². The van der Waals surface area contributed by atoms with E-state index >= 15 is 0 Å². The maximum Gasteiger partial charge on any atom is 0.270 e. The summed E-state index contributed by atoms with van der Waals surface area (Å²) in [5.41, 5.74) is 2.57. The summed E-state index contributed by atoms with van der Waals surface area (Å²) in [5.74, 6) is 0.516. The van der Waals surface area contributed by atoms with E-state index in [0.717, 1.165) is 30.3 Å². The Labute approximate surface area is 243 Å². The molecule has 1 fully saturated rings. The van der Waals surface area contributed by atoms with Crippen LogP contribution in [0.2, 0.25) is 5.02 Å². The van der Waals surface area contributed by atoms with Crippen molar-refractivity contribution in [2.45, 2.75) is 37.8 Å². The minimum Gasteiger partial charge on any atom is -0.351 e. The second kappa shape index (κ2) is 12.9. The fourth-order valence-corrected chi connectivity index (χ4v) is 4.96. The molecule has 41 heavy (non-hydrogen) atoms. The van der Waals surface area contributed by atoms with Gasteiger partial charge in [0.1, 0.15) is 17.0 Å². The summed E-state index contributed by atoms with van der Waals surface area (Å²) < 4.78 is 1.85. The first kappa shape index (κ1) is 28.2. The van der Waals surface area contributed by atoms with E-state index in [1.165, 1.54) is 12.3 Å². The van der Waals surface area contributed by atoms with Crippen LogP contribution in [0, 0.1) is 0 Å². The summed E-state index contributed by atoms with van der Waals surface area (Å²) in [4.78, 5) is 44.6. The molecule has 0 bridgehead atoms. The average Bonchev–Trinajstić information content (AvgIpc) is 3.38. The summed E-state index contributed by atoms with van der Waals surface area (Å²) in [6, 6.07) is 11.1. The van der Waals surface area contributed by atoms with E-state index < -0.39 is 0 Å². The highest BCUT2D eigenvalue weighted by atomic mass is 35.5. The zero-order chi connectivity index (χ0) is 28.8. The van der Waals surface area contributed by atoms with Crippen LogP contribution in [0.25, 0.3) is 16.9 Å². The second-order valence-corrected chi connectivity index (χ2v) is 10.6. The van der Waals surface area contributed by atoms with Crippen LogP contribution in [0.4, 0.5) is 11.6 Å². The van der Waals surface area contributed by atoms with E-state index in [4.69, 9.17) is 11.6 Å². The molecule has 11 nitrogen and oxygen atoms in total. The first-order chi connectivity index (χ1) is 19.9. The summed E-state index contributed by atoms with van der Waals surface area (Å²) >= 11 is 6.45. The lowest BCUT2D eigenvalue weighted by Crippen LogP contribution is -2.42. The number of nitrogens with one attached hydrogen (secondary N) is 3. The lowest BCUT2D eigenvalue weighted by Gasteiger charge is -2.30. The molecule has 2 amide bonds. The Balaban J connectivity index is 1.17. The van der Waals surface area contributed by atoms with E-state index in [1.807, 2.05) is 47.8 Å². The maximum atomic E-state index is 12.9. The third kappa shape index (κ3) is 7.24. The van der Waals surface area contributed by atoms with Gasteiger partial charge in [-0.15, -0.1) is 0 Å². The summed E-state index contributed by atoms with van der Waals surface area (Å²) in [6.45, 7) is 0.666. The predicted molar refractivity (Wildman–Crippen MR) is 159 cm³/mol. The fourth-order valence-electron chi connectivity index (χ4n) is 4.78. The van der Waals surface area contributed by atoms with Crippen molar-refractivity contribution in [3.8, 4) is 5.82 Å². The van der Waals surface area contributed by atoms with E-state index in [9.17, 15) is 9.59 Å². The SMILES string of the molecule is CN(C)C/C=C/C(=O)Nc1ccc(C(=O)N[C@H]2CCC[C@@H](Nc3ncc(Cl)c(-n4cnc5ccccc54)n3)C2)nc1. The summed E-state index contributed by atoms with van der Waals surface area (Å²) in [7, 11) is 3.85. The molecule has 0 unspecified atom stereocenters. The molecular formula is C29H32ClN9O2. The van der Waals surface area contributed by atoms with Gasteiger partial charge in [-0.3, -0.25) is 14.2 Å². The lowest BCUT2D eigenvalue weighted by atomic mass is 9.91. The molecule has 0 aliphatic heterocycles. The van der Waals surface area contributed by atoms with Crippen LogP contribution < -0.4 is 16.0 Å². The number of imidazole rings is 1. The molecule has 0 saturated heterocycles. The highest BCUT2D eigenvalue weighted by Crippen LogP contribution is 2.26. The number of likely N-dealkylation sites (N-methyl/N-ethyl adjacent to an activating group) is 1. The van der Waals surface area contributed by atoms with Crippen molar-refractivity contribution in [2.24, 2.45) is 0 Å². The molecule has 1 aliphatic carbocycles. The quantitative estimate of drug-likeness (QED) is 0.255. The first-order valence-corrected chi connectivity index (χ1v) is 13.8. The molecular weight excluding hydrogens is 542 g/mol. The molecule has 0 radical (unpaired) electrons. The maximum absolute atomic E-state index is 12.9. The highest BCUT2D eigenvalue weighted by Gasteiger charge is 2.25. The van der Waals surface area contributed by atoms with Crippen molar-refractivity contribution in [3.63, 3.8) is 0 Å². The second-order valence-electron chi connectivity index (χ2n) is 10.2. The number of anilines is 2. The Bertz CT molecular complexity index is 1550. The molecule has 3 aromatic heterocycles. The zero-order valence-corrected chi connectivity index (χ0v) is 23.7. The van der Waals surface area contributed by atoms with Gasteiger partial charge in [0.2, 0.25) is 11.9 Å². The minimum absolute atomic E-state index is 0.0267. The Morgan fingerprint density at radius 1 is 1.07 bits per heavy atom. The van der Waals surface area contributed by atoms with Crippen LogP contribution in [0.3, 0.4) is 0 Å². The number of benzene rings is 1. The van der Waals surface area contributed by atoms with Gasteiger partial charge in [-0.05, 0) is 64.0 Å². The topological polar surface area (TPSA) is 130 Å². The first-order valence-electron chi connectivity index (χ1n) is 13.5. The van der Waals surface area contributed by atoms with Crippen LogP contribution in [0.1, 0.15) is 36.2 Å². The van der Waals surface area contributed by atoms with Gasteiger partial charge in [-0.25, -0.2) is 15.0 Å².